The predicted octanol–water partition coefficient (Wildman–Crippen LogP) is 2.81. The van der Waals surface area contributed by atoms with E-state index in [1.54, 1.807) is 0 Å². The summed E-state index contributed by atoms with van der Waals surface area (Å²) in [6.07, 6.45) is 0. The zero-order valence-corrected chi connectivity index (χ0v) is 15.3. The Balaban J connectivity index is 2.45. The highest BCUT2D eigenvalue weighted by Gasteiger charge is 2.37. The van der Waals surface area contributed by atoms with E-state index in [1.807, 2.05) is 19.1 Å². The molecule has 1 aromatic rings. The van der Waals surface area contributed by atoms with E-state index in [4.69, 9.17) is 4.74 Å². The van der Waals surface area contributed by atoms with Gasteiger partial charge in [-0.25, -0.2) is 0 Å². The summed E-state index contributed by atoms with van der Waals surface area (Å²) < 4.78 is 6.90. The van der Waals surface area contributed by atoms with Crippen LogP contribution < -0.4 is 10.1 Å². The van der Waals surface area contributed by atoms with Crippen molar-refractivity contribution in [1.82, 2.24) is 10.2 Å². The third-order valence-electron chi connectivity index (χ3n) is 4.23. The summed E-state index contributed by atoms with van der Waals surface area (Å²) in [5.41, 5.74) is 0.904. The zero-order valence-electron chi connectivity index (χ0n) is 13.7. The number of ether oxygens (including phenoxy) is 1. The van der Waals surface area contributed by atoms with Crippen molar-refractivity contribution in [3.05, 3.63) is 28.2 Å². The van der Waals surface area contributed by atoms with E-state index in [0.29, 0.717) is 6.61 Å². The van der Waals surface area contributed by atoms with E-state index in [2.05, 4.69) is 46.1 Å². The summed E-state index contributed by atoms with van der Waals surface area (Å²) in [6.45, 7) is 10.9. The molecule has 5 heteroatoms. The largest absolute Gasteiger partial charge is 0.494 e. The van der Waals surface area contributed by atoms with Gasteiger partial charge in [0.1, 0.15) is 5.75 Å². The molecule has 0 spiro atoms. The van der Waals surface area contributed by atoms with Crippen molar-refractivity contribution in [2.24, 2.45) is 5.41 Å². The molecule has 124 valence electrons. The van der Waals surface area contributed by atoms with Gasteiger partial charge < -0.3 is 15.2 Å². The summed E-state index contributed by atoms with van der Waals surface area (Å²) >= 11 is 3.58. The smallest absolute Gasteiger partial charge is 0.124 e. The second-order valence-electron chi connectivity index (χ2n) is 6.45. The highest BCUT2D eigenvalue weighted by Crippen LogP contribution is 2.43. The number of rotatable bonds is 6. The maximum Gasteiger partial charge on any atom is 0.124 e. The Morgan fingerprint density at radius 3 is 2.64 bits per heavy atom. The van der Waals surface area contributed by atoms with Gasteiger partial charge in [-0.15, -0.1) is 0 Å². The van der Waals surface area contributed by atoms with Crippen LogP contribution in [0.25, 0.3) is 0 Å². The molecule has 1 fully saturated rings. The first-order valence-electron chi connectivity index (χ1n) is 7.97. The van der Waals surface area contributed by atoms with Crippen molar-refractivity contribution in [2.75, 3.05) is 39.4 Å². The molecule has 0 aromatic heterocycles. The summed E-state index contributed by atoms with van der Waals surface area (Å²) in [5, 5.41) is 13.3. The Kier molecular flexibility index (Phi) is 6.26. The van der Waals surface area contributed by atoms with E-state index >= 15 is 0 Å². The zero-order chi connectivity index (χ0) is 16.2. The first-order chi connectivity index (χ1) is 10.5. The Labute approximate surface area is 142 Å². The lowest BCUT2D eigenvalue weighted by molar-refractivity contribution is 0.0290. The first-order valence-corrected chi connectivity index (χ1v) is 8.76. The van der Waals surface area contributed by atoms with Gasteiger partial charge in [-0.05, 0) is 25.1 Å². The molecule has 0 radical (unpaired) electrons. The van der Waals surface area contributed by atoms with Crippen molar-refractivity contribution in [3.8, 4) is 5.75 Å². The minimum absolute atomic E-state index is 0.124. The molecular weight excluding hydrogens is 344 g/mol. The van der Waals surface area contributed by atoms with Crippen molar-refractivity contribution in [1.29, 1.82) is 0 Å². The van der Waals surface area contributed by atoms with E-state index in [1.165, 1.54) is 0 Å². The lowest BCUT2D eigenvalue weighted by Crippen LogP contribution is -2.49. The molecule has 2 rings (SSSR count). The number of aliphatic hydroxyl groups is 1. The minimum Gasteiger partial charge on any atom is -0.494 e. The van der Waals surface area contributed by atoms with Gasteiger partial charge in [0.05, 0.1) is 6.61 Å². The molecule has 22 heavy (non-hydrogen) atoms. The van der Waals surface area contributed by atoms with Gasteiger partial charge in [-0.2, -0.15) is 0 Å². The van der Waals surface area contributed by atoms with E-state index < -0.39 is 0 Å². The number of benzene rings is 1. The lowest BCUT2D eigenvalue weighted by atomic mass is 9.79. The van der Waals surface area contributed by atoms with Crippen LogP contribution in [0.5, 0.6) is 5.75 Å². The average molecular weight is 371 g/mol. The quantitative estimate of drug-likeness (QED) is 0.807. The SMILES string of the molecule is CCOc1ccc(Br)cc1[C@@H](N1CCNCC1)C(C)(C)CO. The van der Waals surface area contributed by atoms with Crippen LogP contribution in [-0.4, -0.2) is 49.4 Å². The maximum absolute atomic E-state index is 9.95. The fraction of sp³-hybridized carbons (Fsp3) is 0.647. The Bertz CT molecular complexity index is 488. The van der Waals surface area contributed by atoms with Crippen molar-refractivity contribution in [3.63, 3.8) is 0 Å². The van der Waals surface area contributed by atoms with Gasteiger partial charge >= 0.3 is 0 Å². The van der Waals surface area contributed by atoms with Crippen molar-refractivity contribution in [2.45, 2.75) is 26.8 Å². The van der Waals surface area contributed by atoms with Crippen LogP contribution in [0.3, 0.4) is 0 Å². The van der Waals surface area contributed by atoms with Crippen LogP contribution in [0, 0.1) is 5.41 Å². The highest BCUT2D eigenvalue weighted by molar-refractivity contribution is 9.10. The molecule has 1 aliphatic rings. The standard InChI is InChI=1S/C17H27BrN2O2/c1-4-22-15-6-5-13(18)11-14(15)16(17(2,3)12-21)20-9-7-19-8-10-20/h5-6,11,16,19,21H,4,7-10,12H2,1-3H3/t16-/m1/s1. The monoisotopic (exact) mass is 370 g/mol. The molecule has 2 N–H and O–H groups in total. The highest BCUT2D eigenvalue weighted by atomic mass is 79.9. The Morgan fingerprint density at radius 1 is 1.36 bits per heavy atom. The van der Waals surface area contributed by atoms with Crippen LogP contribution in [0.1, 0.15) is 32.4 Å². The fourth-order valence-corrected chi connectivity index (χ4v) is 3.54. The average Bonchev–Trinajstić information content (AvgIpc) is 2.51. The molecule has 1 saturated heterocycles. The maximum atomic E-state index is 9.95. The molecule has 1 aliphatic heterocycles. The summed E-state index contributed by atoms with van der Waals surface area (Å²) in [6, 6.07) is 6.29. The molecule has 0 unspecified atom stereocenters. The van der Waals surface area contributed by atoms with Gasteiger partial charge in [-0.1, -0.05) is 29.8 Å². The molecule has 4 nitrogen and oxygen atoms in total. The number of hydrogen-bond acceptors (Lipinski definition) is 4. The van der Waals surface area contributed by atoms with Crippen molar-refractivity contribution >= 4 is 15.9 Å². The summed E-state index contributed by atoms with van der Waals surface area (Å²) in [7, 11) is 0. The molecule has 0 bridgehead atoms. The van der Waals surface area contributed by atoms with Crippen LogP contribution >= 0.6 is 15.9 Å². The molecular formula is C17H27BrN2O2. The summed E-state index contributed by atoms with van der Waals surface area (Å²) in [5.74, 6) is 0.913. The number of hydrogen-bond donors (Lipinski definition) is 2. The van der Waals surface area contributed by atoms with E-state index in [0.717, 1.165) is 42.0 Å². The molecule has 0 amide bonds. The van der Waals surface area contributed by atoms with Crippen LogP contribution in [0.15, 0.2) is 22.7 Å². The van der Waals surface area contributed by atoms with Crippen LogP contribution in [-0.2, 0) is 0 Å². The Morgan fingerprint density at radius 2 is 2.05 bits per heavy atom. The van der Waals surface area contributed by atoms with Gasteiger partial charge in [0.2, 0.25) is 0 Å². The topological polar surface area (TPSA) is 44.7 Å². The number of aliphatic hydroxyl groups excluding tert-OH is 1. The van der Waals surface area contributed by atoms with Crippen LogP contribution in [0.4, 0.5) is 0 Å². The normalized spacial score (nSPS) is 18.2. The van der Waals surface area contributed by atoms with E-state index in [9.17, 15) is 5.11 Å². The van der Waals surface area contributed by atoms with Gasteiger partial charge in [0.15, 0.2) is 0 Å². The second-order valence-corrected chi connectivity index (χ2v) is 7.37. The van der Waals surface area contributed by atoms with Crippen molar-refractivity contribution < 1.29 is 9.84 Å². The molecule has 1 aromatic carbocycles. The molecule has 0 saturated carbocycles. The second kappa shape index (κ2) is 7.77. The van der Waals surface area contributed by atoms with E-state index in [-0.39, 0.29) is 18.1 Å². The third-order valence-corrected chi connectivity index (χ3v) is 4.72. The molecule has 0 aliphatic carbocycles. The predicted molar refractivity (Wildman–Crippen MR) is 93.4 cm³/mol. The fourth-order valence-electron chi connectivity index (χ4n) is 3.16. The number of piperazine rings is 1. The van der Waals surface area contributed by atoms with Crippen LogP contribution in [0.2, 0.25) is 0 Å². The van der Waals surface area contributed by atoms with Gasteiger partial charge in [-0.3, -0.25) is 4.90 Å². The molecule has 1 heterocycles. The number of halogens is 1. The number of nitrogens with one attached hydrogen (secondary N) is 1. The van der Waals surface area contributed by atoms with Gasteiger partial charge in [0, 0.05) is 54.3 Å². The molecule has 1 atom stereocenters. The lowest BCUT2D eigenvalue weighted by Gasteiger charge is -2.44. The van der Waals surface area contributed by atoms with Gasteiger partial charge in [0.25, 0.3) is 0 Å². The third kappa shape index (κ3) is 4.02. The number of nitrogens with zero attached hydrogens (tertiary/aromatic N) is 1. The Hall–Kier alpha value is -0.620. The first kappa shape index (κ1) is 17.7. The summed E-state index contributed by atoms with van der Waals surface area (Å²) in [4.78, 5) is 2.46. The minimum atomic E-state index is -0.246.